The van der Waals surface area contributed by atoms with Crippen LogP contribution < -0.4 is 16.4 Å². The molecule has 2 aromatic rings. The molecule has 1 amide bonds. The van der Waals surface area contributed by atoms with Crippen LogP contribution >= 0.6 is 0 Å². The van der Waals surface area contributed by atoms with Gasteiger partial charge in [0.05, 0.1) is 11.3 Å². The van der Waals surface area contributed by atoms with E-state index in [4.69, 9.17) is 11.5 Å². The lowest BCUT2D eigenvalue weighted by Crippen LogP contribution is -2.27. The van der Waals surface area contributed by atoms with Crippen LogP contribution in [0.5, 0.6) is 0 Å². The van der Waals surface area contributed by atoms with Gasteiger partial charge in [0.1, 0.15) is 0 Å². The van der Waals surface area contributed by atoms with Crippen molar-refractivity contribution in [2.75, 3.05) is 17.2 Å². The quantitative estimate of drug-likeness (QED) is 0.821. The Bertz CT molecular complexity index is 667. The fourth-order valence-electron chi connectivity index (χ4n) is 2.77. The Morgan fingerprint density at radius 1 is 1.10 bits per heavy atom. The van der Waals surface area contributed by atoms with Gasteiger partial charge in [0, 0.05) is 17.9 Å². The van der Waals surface area contributed by atoms with Crippen LogP contribution in [0.15, 0.2) is 42.5 Å². The molecule has 0 aliphatic carbocycles. The molecule has 0 radical (unpaired) electrons. The molecule has 0 saturated heterocycles. The SMILES string of the molecule is NC(=O)c1cc(N)ccc1N1CCCc2ccccc21. The zero-order chi connectivity index (χ0) is 14.1. The van der Waals surface area contributed by atoms with Gasteiger partial charge in [-0.15, -0.1) is 0 Å². The van der Waals surface area contributed by atoms with E-state index in [0.29, 0.717) is 11.3 Å². The fourth-order valence-corrected chi connectivity index (χ4v) is 2.77. The highest BCUT2D eigenvalue weighted by Crippen LogP contribution is 2.35. The molecule has 0 bridgehead atoms. The van der Waals surface area contributed by atoms with Crippen molar-refractivity contribution >= 4 is 23.0 Å². The smallest absolute Gasteiger partial charge is 0.250 e. The number of amides is 1. The van der Waals surface area contributed by atoms with Crippen molar-refractivity contribution in [3.63, 3.8) is 0 Å². The molecular weight excluding hydrogens is 250 g/mol. The maximum absolute atomic E-state index is 11.7. The fraction of sp³-hybridized carbons (Fsp3) is 0.188. The van der Waals surface area contributed by atoms with Crippen molar-refractivity contribution in [1.29, 1.82) is 0 Å². The van der Waals surface area contributed by atoms with Crippen LogP contribution in [0, 0.1) is 0 Å². The molecule has 1 aliphatic heterocycles. The van der Waals surface area contributed by atoms with E-state index in [-0.39, 0.29) is 0 Å². The number of carbonyl (C=O) groups excluding carboxylic acids is 1. The van der Waals surface area contributed by atoms with Gasteiger partial charge in [-0.25, -0.2) is 0 Å². The van der Waals surface area contributed by atoms with E-state index < -0.39 is 5.91 Å². The number of hydrogen-bond acceptors (Lipinski definition) is 3. The standard InChI is InChI=1S/C16H17N3O/c17-12-7-8-15(13(10-12)16(18)20)19-9-3-5-11-4-1-2-6-14(11)19/h1-2,4,6-8,10H,3,5,9,17H2,(H2,18,20). The van der Waals surface area contributed by atoms with E-state index in [0.717, 1.165) is 30.8 Å². The van der Waals surface area contributed by atoms with Gasteiger partial charge in [-0.05, 0) is 42.7 Å². The summed E-state index contributed by atoms with van der Waals surface area (Å²) in [5.41, 5.74) is 15.5. The van der Waals surface area contributed by atoms with Crippen LogP contribution in [0.4, 0.5) is 17.1 Å². The molecule has 0 spiro atoms. The van der Waals surface area contributed by atoms with Crippen LogP contribution in [0.1, 0.15) is 22.3 Å². The Balaban J connectivity index is 2.13. The molecule has 2 aromatic carbocycles. The minimum Gasteiger partial charge on any atom is -0.399 e. The Labute approximate surface area is 118 Å². The summed E-state index contributed by atoms with van der Waals surface area (Å²) in [6.45, 7) is 0.876. The Hall–Kier alpha value is -2.49. The predicted molar refractivity (Wildman–Crippen MR) is 81.1 cm³/mol. The lowest BCUT2D eigenvalue weighted by atomic mass is 9.99. The van der Waals surface area contributed by atoms with E-state index >= 15 is 0 Å². The largest absolute Gasteiger partial charge is 0.399 e. The van der Waals surface area contributed by atoms with Crippen molar-refractivity contribution in [3.05, 3.63) is 53.6 Å². The first-order valence-electron chi connectivity index (χ1n) is 6.71. The lowest BCUT2D eigenvalue weighted by Gasteiger charge is -2.32. The Morgan fingerprint density at radius 2 is 1.90 bits per heavy atom. The van der Waals surface area contributed by atoms with Crippen molar-refractivity contribution in [1.82, 2.24) is 0 Å². The van der Waals surface area contributed by atoms with Crippen molar-refractivity contribution in [3.8, 4) is 0 Å². The topological polar surface area (TPSA) is 72.3 Å². The molecule has 0 aromatic heterocycles. The Morgan fingerprint density at radius 3 is 2.70 bits per heavy atom. The molecule has 3 rings (SSSR count). The summed E-state index contributed by atoms with van der Waals surface area (Å²) in [7, 11) is 0. The number of aryl methyl sites for hydroxylation is 1. The molecule has 0 atom stereocenters. The number of fused-ring (bicyclic) bond motifs is 1. The van der Waals surface area contributed by atoms with Crippen LogP contribution in [0.3, 0.4) is 0 Å². The molecule has 0 unspecified atom stereocenters. The molecule has 4 N–H and O–H groups in total. The molecular formula is C16H17N3O. The Kier molecular flexibility index (Phi) is 3.06. The lowest BCUT2D eigenvalue weighted by molar-refractivity contribution is 0.100. The van der Waals surface area contributed by atoms with Crippen LogP contribution in [0.25, 0.3) is 0 Å². The van der Waals surface area contributed by atoms with Gasteiger partial charge in [0.2, 0.25) is 0 Å². The molecule has 0 fully saturated rings. The van der Waals surface area contributed by atoms with E-state index in [1.165, 1.54) is 5.56 Å². The maximum Gasteiger partial charge on any atom is 0.250 e. The van der Waals surface area contributed by atoms with Gasteiger partial charge >= 0.3 is 0 Å². The number of para-hydroxylation sites is 1. The number of hydrogen-bond donors (Lipinski definition) is 2. The van der Waals surface area contributed by atoms with E-state index in [1.54, 1.807) is 12.1 Å². The normalized spacial score (nSPS) is 13.9. The first-order chi connectivity index (χ1) is 9.66. The first-order valence-corrected chi connectivity index (χ1v) is 6.71. The van der Waals surface area contributed by atoms with Gasteiger partial charge in [-0.2, -0.15) is 0 Å². The minimum atomic E-state index is -0.449. The number of primary amides is 1. The number of anilines is 3. The molecule has 1 heterocycles. The van der Waals surface area contributed by atoms with E-state index in [2.05, 4.69) is 17.0 Å². The number of nitrogens with zero attached hydrogens (tertiary/aromatic N) is 1. The number of carbonyl (C=O) groups is 1. The molecule has 4 heteroatoms. The van der Waals surface area contributed by atoms with Crippen molar-refractivity contribution in [2.45, 2.75) is 12.8 Å². The van der Waals surface area contributed by atoms with Gasteiger partial charge in [0.25, 0.3) is 5.91 Å². The minimum absolute atomic E-state index is 0.449. The molecule has 1 aliphatic rings. The average Bonchev–Trinajstić information content (AvgIpc) is 2.46. The highest BCUT2D eigenvalue weighted by atomic mass is 16.1. The number of nitrogens with two attached hydrogens (primary N) is 2. The van der Waals surface area contributed by atoms with E-state index in [1.807, 2.05) is 18.2 Å². The second-order valence-corrected chi connectivity index (χ2v) is 5.02. The molecule has 102 valence electrons. The number of rotatable bonds is 2. The summed E-state index contributed by atoms with van der Waals surface area (Å²) in [6.07, 6.45) is 2.12. The summed E-state index contributed by atoms with van der Waals surface area (Å²) in [6, 6.07) is 13.6. The summed E-state index contributed by atoms with van der Waals surface area (Å²) < 4.78 is 0. The number of nitrogen functional groups attached to an aromatic ring is 1. The molecule has 20 heavy (non-hydrogen) atoms. The molecule has 4 nitrogen and oxygen atoms in total. The summed E-state index contributed by atoms with van der Waals surface area (Å²) in [5.74, 6) is -0.449. The maximum atomic E-state index is 11.7. The van der Waals surface area contributed by atoms with E-state index in [9.17, 15) is 4.79 Å². The zero-order valence-electron chi connectivity index (χ0n) is 11.2. The summed E-state index contributed by atoms with van der Waals surface area (Å²) in [5, 5.41) is 0. The summed E-state index contributed by atoms with van der Waals surface area (Å²) >= 11 is 0. The average molecular weight is 267 g/mol. The van der Waals surface area contributed by atoms with Crippen molar-refractivity contribution in [2.24, 2.45) is 5.73 Å². The second-order valence-electron chi connectivity index (χ2n) is 5.02. The second kappa shape index (κ2) is 4.89. The van der Waals surface area contributed by atoms with Gasteiger partial charge in [-0.3, -0.25) is 4.79 Å². The predicted octanol–water partition coefficient (Wildman–Crippen LogP) is 2.45. The van der Waals surface area contributed by atoms with Crippen LogP contribution in [0.2, 0.25) is 0 Å². The van der Waals surface area contributed by atoms with Crippen LogP contribution in [-0.4, -0.2) is 12.5 Å². The number of benzene rings is 2. The van der Waals surface area contributed by atoms with Gasteiger partial charge in [-0.1, -0.05) is 18.2 Å². The van der Waals surface area contributed by atoms with Gasteiger partial charge < -0.3 is 16.4 Å². The van der Waals surface area contributed by atoms with Crippen molar-refractivity contribution < 1.29 is 4.79 Å². The summed E-state index contributed by atoms with van der Waals surface area (Å²) in [4.78, 5) is 13.8. The highest BCUT2D eigenvalue weighted by Gasteiger charge is 2.21. The van der Waals surface area contributed by atoms with Crippen LogP contribution in [-0.2, 0) is 6.42 Å². The van der Waals surface area contributed by atoms with Gasteiger partial charge in [0.15, 0.2) is 0 Å². The zero-order valence-corrected chi connectivity index (χ0v) is 11.2. The third-order valence-electron chi connectivity index (χ3n) is 3.69. The first kappa shape index (κ1) is 12.5. The monoisotopic (exact) mass is 267 g/mol. The third kappa shape index (κ3) is 2.09. The highest BCUT2D eigenvalue weighted by molar-refractivity contribution is 6.00. The molecule has 0 saturated carbocycles. The third-order valence-corrected chi connectivity index (χ3v) is 3.69.